The largest absolute Gasteiger partial charge is 0.355 e. The van der Waals surface area contributed by atoms with Crippen LogP contribution in [0.15, 0.2) is 83.8 Å². The zero-order valence-electron chi connectivity index (χ0n) is 23.1. The van der Waals surface area contributed by atoms with Crippen LogP contribution < -0.4 is 9.62 Å². The first kappa shape index (κ1) is 30.0. The van der Waals surface area contributed by atoms with Gasteiger partial charge in [0.2, 0.25) is 5.91 Å². The Labute approximate surface area is 257 Å². The lowest BCUT2D eigenvalue weighted by molar-refractivity contribution is -0.119. The van der Waals surface area contributed by atoms with Gasteiger partial charge in [-0.2, -0.15) is 0 Å². The summed E-state index contributed by atoms with van der Waals surface area (Å²) in [7, 11) is -3.83. The summed E-state index contributed by atoms with van der Waals surface area (Å²) in [5.74, 6) is 0.430. The van der Waals surface area contributed by atoms with Gasteiger partial charge in [-0.1, -0.05) is 78.5 Å². The number of aromatic nitrogens is 2. The molecule has 42 heavy (non-hydrogen) atoms. The molecular weight excluding hydrogens is 591 g/mol. The fraction of sp³-hybridized carbons (Fsp3) is 0.281. The maximum atomic E-state index is 12.3. The van der Waals surface area contributed by atoms with E-state index in [1.54, 1.807) is 18.2 Å². The van der Waals surface area contributed by atoms with E-state index in [2.05, 4.69) is 9.62 Å². The van der Waals surface area contributed by atoms with Gasteiger partial charge in [0, 0.05) is 40.7 Å². The number of benzene rings is 3. The quantitative estimate of drug-likeness (QED) is 0.176. The molecule has 0 bridgehead atoms. The summed E-state index contributed by atoms with van der Waals surface area (Å²) < 4.78 is 26.8. The lowest BCUT2D eigenvalue weighted by Gasteiger charge is -2.30. The first-order valence-corrected chi connectivity index (χ1v) is 16.3. The molecule has 1 aliphatic heterocycles. The van der Waals surface area contributed by atoms with Gasteiger partial charge in [-0.15, -0.1) is 0 Å². The molecule has 0 aliphatic carbocycles. The van der Waals surface area contributed by atoms with Crippen LogP contribution >= 0.6 is 23.2 Å². The van der Waals surface area contributed by atoms with E-state index in [0.717, 1.165) is 79.2 Å². The maximum absolute atomic E-state index is 12.3. The summed E-state index contributed by atoms with van der Waals surface area (Å²) >= 11 is 12.3. The zero-order chi connectivity index (χ0) is 29.5. The molecule has 0 fully saturated rings. The second-order valence-electron chi connectivity index (χ2n) is 10.3. The topological polar surface area (TPSA) is 92.3 Å². The molecule has 0 saturated carbocycles. The molecule has 0 radical (unpaired) electrons. The SMILES string of the molecule is O=C(CCCCCCN1CCCc2nc(-c3ccc(Cl)cc3)c(-c3ccc(Cl)cc3)nc21)NS(=O)(=O)c1ccccc1. The van der Waals surface area contributed by atoms with Gasteiger partial charge >= 0.3 is 0 Å². The van der Waals surface area contributed by atoms with E-state index in [0.29, 0.717) is 16.5 Å². The molecule has 3 aromatic carbocycles. The molecule has 5 rings (SSSR count). The molecule has 10 heteroatoms. The number of nitrogens with one attached hydrogen (secondary N) is 1. The Morgan fingerprint density at radius 3 is 2.02 bits per heavy atom. The van der Waals surface area contributed by atoms with Gasteiger partial charge in [0.25, 0.3) is 10.0 Å². The van der Waals surface area contributed by atoms with Crippen molar-refractivity contribution in [3.05, 3.63) is 94.6 Å². The Balaban J connectivity index is 1.21. The molecule has 218 valence electrons. The van der Waals surface area contributed by atoms with Crippen molar-refractivity contribution >= 4 is 45.0 Å². The number of amides is 1. The number of rotatable bonds is 11. The van der Waals surface area contributed by atoms with Crippen molar-refractivity contribution < 1.29 is 13.2 Å². The Hall–Kier alpha value is -3.46. The average Bonchev–Trinajstić information content (AvgIpc) is 2.99. The van der Waals surface area contributed by atoms with Crippen LogP contribution in [0.25, 0.3) is 22.5 Å². The van der Waals surface area contributed by atoms with Crippen molar-refractivity contribution in [3.8, 4) is 22.5 Å². The third-order valence-corrected chi connectivity index (χ3v) is 9.10. The highest BCUT2D eigenvalue weighted by Gasteiger charge is 2.24. The number of fused-ring (bicyclic) bond motifs is 1. The molecule has 0 unspecified atom stereocenters. The molecule has 1 amide bonds. The van der Waals surface area contributed by atoms with Crippen molar-refractivity contribution in [1.82, 2.24) is 14.7 Å². The van der Waals surface area contributed by atoms with E-state index in [-0.39, 0.29) is 11.3 Å². The fourth-order valence-electron chi connectivity index (χ4n) is 5.06. The van der Waals surface area contributed by atoms with Crippen LogP contribution in [-0.4, -0.2) is 37.4 Å². The van der Waals surface area contributed by atoms with E-state index in [1.165, 1.54) is 12.1 Å². The number of halogens is 2. The number of sulfonamides is 1. The van der Waals surface area contributed by atoms with E-state index >= 15 is 0 Å². The van der Waals surface area contributed by atoms with Crippen LogP contribution in [0.3, 0.4) is 0 Å². The number of hydrogen-bond acceptors (Lipinski definition) is 6. The molecule has 1 aromatic heterocycles. The third-order valence-electron chi connectivity index (χ3n) is 7.21. The van der Waals surface area contributed by atoms with Gasteiger partial charge in [-0.25, -0.2) is 23.1 Å². The molecule has 0 atom stereocenters. The fourth-order valence-corrected chi connectivity index (χ4v) is 6.35. The molecule has 0 saturated heterocycles. The van der Waals surface area contributed by atoms with Gasteiger partial charge in [0.1, 0.15) is 0 Å². The van der Waals surface area contributed by atoms with Crippen LogP contribution in [-0.2, 0) is 21.2 Å². The van der Waals surface area contributed by atoms with Crippen LogP contribution in [0.1, 0.15) is 44.2 Å². The molecule has 0 spiro atoms. The predicted octanol–water partition coefficient (Wildman–Crippen LogP) is 7.33. The average molecular weight is 624 g/mol. The number of carbonyl (C=O) groups excluding carboxylic acids is 1. The lowest BCUT2D eigenvalue weighted by Crippen LogP contribution is -2.32. The molecule has 2 heterocycles. The van der Waals surface area contributed by atoms with E-state index in [1.807, 2.05) is 48.5 Å². The predicted molar refractivity (Wildman–Crippen MR) is 168 cm³/mol. The van der Waals surface area contributed by atoms with Gasteiger partial charge in [0.05, 0.1) is 22.0 Å². The summed E-state index contributed by atoms with van der Waals surface area (Å²) in [5.41, 5.74) is 4.51. The molecule has 4 aromatic rings. The van der Waals surface area contributed by atoms with Crippen molar-refractivity contribution in [3.63, 3.8) is 0 Å². The van der Waals surface area contributed by atoms with Crippen LogP contribution in [0.4, 0.5) is 5.82 Å². The summed E-state index contributed by atoms with van der Waals surface area (Å²) in [6, 6.07) is 23.2. The maximum Gasteiger partial charge on any atom is 0.264 e. The summed E-state index contributed by atoms with van der Waals surface area (Å²) in [6.45, 7) is 1.73. The van der Waals surface area contributed by atoms with Gasteiger partial charge in [-0.3, -0.25) is 4.79 Å². The summed E-state index contributed by atoms with van der Waals surface area (Å²) in [4.78, 5) is 24.9. The minimum Gasteiger partial charge on any atom is -0.355 e. The van der Waals surface area contributed by atoms with Crippen LogP contribution in [0.5, 0.6) is 0 Å². The first-order valence-electron chi connectivity index (χ1n) is 14.1. The van der Waals surface area contributed by atoms with Crippen molar-refractivity contribution in [2.24, 2.45) is 0 Å². The van der Waals surface area contributed by atoms with E-state index in [4.69, 9.17) is 33.2 Å². The van der Waals surface area contributed by atoms with Gasteiger partial charge < -0.3 is 4.90 Å². The highest BCUT2D eigenvalue weighted by Crippen LogP contribution is 2.35. The normalized spacial score (nSPS) is 13.0. The van der Waals surface area contributed by atoms with Crippen LogP contribution in [0, 0.1) is 0 Å². The minimum absolute atomic E-state index is 0.0859. The zero-order valence-corrected chi connectivity index (χ0v) is 25.4. The van der Waals surface area contributed by atoms with Gasteiger partial charge in [-0.05, 0) is 62.1 Å². The van der Waals surface area contributed by atoms with Gasteiger partial charge in [0.15, 0.2) is 5.82 Å². The van der Waals surface area contributed by atoms with E-state index < -0.39 is 15.9 Å². The van der Waals surface area contributed by atoms with Crippen LogP contribution in [0.2, 0.25) is 10.0 Å². The highest BCUT2D eigenvalue weighted by molar-refractivity contribution is 7.90. The first-order chi connectivity index (χ1) is 20.3. The number of unbranched alkanes of at least 4 members (excludes halogenated alkanes) is 3. The third kappa shape index (κ3) is 7.48. The second-order valence-corrected chi connectivity index (χ2v) is 12.9. The second kappa shape index (κ2) is 13.7. The Bertz CT molecular complexity index is 1630. The standard InChI is InChI=1S/C32H32Cl2N4O3S/c33-25-17-13-23(14-18-25)30-31(24-15-19-26(34)20-16-24)36-32-28(35-30)11-8-22-38(32)21-7-2-1-6-12-29(39)37-42(40,41)27-9-4-3-5-10-27/h3-5,9-10,13-20H,1-2,6-8,11-12,21-22H2,(H,37,39). The smallest absolute Gasteiger partial charge is 0.264 e. The number of aryl methyl sites for hydroxylation is 1. The van der Waals surface area contributed by atoms with Crippen molar-refractivity contribution in [2.75, 3.05) is 18.0 Å². The van der Waals surface area contributed by atoms with Crippen molar-refractivity contribution in [1.29, 1.82) is 0 Å². The number of nitrogens with zero attached hydrogens (tertiary/aromatic N) is 3. The van der Waals surface area contributed by atoms with E-state index in [9.17, 15) is 13.2 Å². The minimum atomic E-state index is -3.83. The molecule has 7 nitrogen and oxygen atoms in total. The summed E-state index contributed by atoms with van der Waals surface area (Å²) in [6.07, 6.45) is 5.33. The Morgan fingerprint density at radius 1 is 0.786 bits per heavy atom. The Kier molecular flexibility index (Phi) is 9.77. The monoisotopic (exact) mass is 622 g/mol. The number of anilines is 1. The van der Waals surface area contributed by atoms with Crippen molar-refractivity contribution in [2.45, 2.75) is 49.8 Å². The molecule has 1 aliphatic rings. The Morgan fingerprint density at radius 2 is 1.38 bits per heavy atom. The molecular formula is C32H32Cl2N4O3S. The number of hydrogen-bond donors (Lipinski definition) is 1. The number of carbonyl (C=O) groups is 1. The molecule has 1 N–H and O–H groups in total. The lowest BCUT2D eigenvalue weighted by atomic mass is 10.0. The summed E-state index contributed by atoms with van der Waals surface area (Å²) in [5, 5.41) is 1.33. The highest BCUT2D eigenvalue weighted by atomic mass is 35.5.